The Kier molecular flexibility index (Phi) is 3.08. The van der Waals surface area contributed by atoms with Crippen LogP contribution in [0.3, 0.4) is 0 Å². The van der Waals surface area contributed by atoms with Crippen LogP contribution in [0, 0.1) is 0 Å². The SMILES string of the molecule is ClC1=NSCCCS1. The molecule has 1 aliphatic heterocycles. The number of thioether (sulfide) groups is 1. The first kappa shape index (κ1) is 6.78. The van der Waals surface area contributed by atoms with Gasteiger partial charge in [0, 0.05) is 11.5 Å². The lowest BCUT2D eigenvalue weighted by Gasteiger charge is -1.86. The van der Waals surface area contributed by atoms with E-state index in [1.165, 1.54) is 6.42 Å². The van der Waals surface area contributed by atoms with E-state index in [1.807, 2.05) is 0 Å². The lowest BCUT2D eigenvalue weighted by Crippen LogP contribution is -1.79. The fourth-order valence-corrected chi connectivity index (χ4v) is 2.26. The number of rotatable bonds is 0. The molecule has 0 atom stereocenters. The molecule has 0 aromatic carbocycles. The van der Waals surface area contributed by atoms with Gasteiger partial charge in [-0.3, -0.25) is 0 Å². The maximum atomic E-state index is 5.61. The van der Waals surface area contributed by atoms with E-state index in [1.54, 1.807) is 23.7 Å². The number of nitrogens with zero attached hydrogens (tertiary/aromatic N) is 1. The summed E-state index contributed by atoms with van der Waals surface area (Å²) in [6.45, 7) is 0. The van der Waals surface area contributed by atoms with Crippen LogP contribution in [0.1, 0.15) is 6.42 Å². The second-order valence-corrected chi connectivity index (χ2v) is 3.89. The van der Waals surface area contributed by atoms with Gasteiger partial charge < -0.3 is 0 Å². The van der Waals surface area contributed by atoms with E-state index >= 15 is 0 Å². The van der Waals surface area contributed by atoms with Crippen molar-refractivity contribution in [2.45, 2.75) is 6.42 Å². The zero-order valence-corrected chi connectivity index (χ0v) is 6.65. The third kappa shape index (κ3) is 2.29. The van der Waals surface area contributed by atoms with Crippen LogP contribution >= 0.6 is 35.3 Å². The normalized spacial score (nSPS) is 21.9. The van der Waals surface area contributed by atoms with Crippen molar-refractivity contribution in [3.63, 3.8) is 0 Å². The minimum Gasteiger partial charge on any atom is -0.197 e. The van der Waals surface area contributed by atoms with Gasteiger partial charge in [-0.2, -0.15) is 4.40 Å². The van der Waals surface area contributed by atoms with Crippen LogP contribution in [0.4, 0.5) is 0 Å². The molecule has 0 amide bonds. The molecule has 0 N–H and O–H groups in total. The molecule has 0 saturated carbocycles. The maximum absolute atomic E-state index is 5.61. The van der Waals surface area contributed by atoms with Crippen LogP contribution in [0.15, 0.2) is 4.40 Å². The number of hydrogen-bond donors (Lipinski definition) is 0. The second-order valence-electron chi connectivity index (χ2n) is 1.38. The Labute approximate surface area is 62.4 Å². The summed E-state index contributed by atoms with van der Waals surface area (Å²) in [6, 6.07) is 0. The van der Waals surface area contributed by atoms with Gasteiger partial charge in [-0.25, -0.2) is 0 Å². The highest BCUT2D eigenvalue weighted by molar-refractivity contribution is 8.17. The van der Waals surface area contributed by atoms with Crippen molar-refractivity contribution in [3.05, 3.63) is 0 Å². The molecule has 0 spiro atoms. The molecule has 46 valence electrons. The van der Waals surface area contributed by atoms with Gasteiger partial charge in [0.25, 0.3) is 0 Å². The average Bonchev–Trinajstić information content (AvgIpc) is 1.94. The third-order valence-corrected chi connectivity index (χ3v) is 2.97. The Morgan fingerprint density at radius 3 is 3.25 bits per heavy atom. The summed E-state index contributed by atoms with van der Waals surface area (Å²) < 4.78 is 4.69. The molecule has 0 aliphatic carbocycles. The molecular weight excluding hydrogens is 162 g/mol. The fraction of sp³-hybridized carbons (Fsp3) is 0.750. The zero-order chi connectivity index (χ0) is 5.82. The lowest BCUT2D eigenvalue weighted by molar-refractivity contribution is 1.13. The Bertz CT molecular complexity index is 104. The van der Waals surface area contributed by atoms with Gasteiger partial charge in [-0.05, 0) is 18.4 Å². The van der Waals surface area contributed by atoms with Gasteiger partial charge in [0.05, 0.1) is 0 Å². The van der Waals surface area contributed by atoms with E-state index in [0.717, 1.165) is 11.5 Å². The van der Waals surface area contributed by atoms with Crippen molar-refractivity contribution in [3.8, 4) is 0 Å². The summed E-state index contributed by atoms with van der Waals surface area (Å²) in [5, 5.41) is 0. The van der Waals surface area contributed by atoms with Crippen molar-refractivity contribution in [1.82, 2.24) is 0 Å². The number of hydrogen-bond acceptors (Lipinski definition) is 3. The fourth-order valence-electron chi connectivity index (χ4n) is 0.403. The molecule has 1 nitrogen and oxygen atoms in total. The van der Waals surface area contributed by atoms with Crippen LogP contribution in [0.25, 0.3) is 0 Å². The Balaban J connectivity index is 2.36. The molecule has 0 saturated heterocycles. The predicted octanol–water partition coefficient (Wildman–Crippen LogP) is 2.37. The highest BCUT2D eigenvalue weighted by atomic mass is 35.5. The molecule has 0 bridgehead atoms. The minimum atomic E-state index is 0.701. The van der Waals surface area contributed by atoms with Crippen LogP contribution in [0.2, 0.25) is 0 Å². The van der Waals surface area contributed by atoms with Gasteiger partial charge in [-0.1, -0.05) is 23.4 Å². The summed E-state index contributed by atoms with van der Waals surface area (Å²) in [6.07, 6.45) is 1.22. The molecule has 1 rings (SSSR count). The molecular formula is C4H6ClNS2. The molecule has 0 unspecified atom stereocenters. The Hall–Kier alpha value is 0.660. The predicted molar refractivity (Wildman–Crippen MR) is 42.8 cm³/mol. The highest BCUT2D eigenvalue weighted by Gasteiger charge is 1.99. The smallest absolute Gasteiger partial charge is 0.170 e. The molecule has 1 aliphatic rings. The highest BCUT2D eigenvalue weighted by Crippen LogP contribution is 2.20. The van der Waals surface area contributed by atoms with E-state index in [0.29, 0.717) is 4.50 Å². The summed E-state index contributed by atoms with van der Waals surface area (Å²) in [5.74, 6) is 2.23. The maximum Gasteiger partial charge on any atom is 0.170 e. The van der Waals surface area contributed by atoms with Crippen molar-refractivity contribution in [2.24, 2.45) is 4.40 Å². The standard InChI is InChI=1S/C4H6ClNS2/c5-4-6-8-3-1-2-7-4/h1-3H2. The molecule has 8 heavy (non-hydrogen) atoms. The summed E-state index contributed by atoms with van der Waals surface area (Å²) >= 11 is 8.81. The van der Waals surface area contributed by atoms with Crippen LogP contribution < -0.4 is 0 Å². The van der Waals surface area contributed by atoms with Crippen molar-refractivity contribution < 1.29 is 0 Å². The van der Waals surface area contributed by atoms with E-state index in [2.05, 4.69) is 4.40 Å². The van der Waals surface area contributed by atoms with Crippen molar-refractivity contribution >= 4 is 39.8 Å². The Morgan fingerprint density at radius 2 is 2.38 bits per heavy atom. The molecule has 0 aromatic rings. The first-order valence-corrected chi connectivity index (χ1v) is 4.68. The first-order chi connectivity index (χ1) is 3.89. The van der Waals surface area contributed by atoms with E-state index in [-0.39, 0.29) is 0 Å². The molecule has 1 heterocycles. The van der Waals surface area contributed by atoms with E-state index in [4.69, 9.17) is 11.6 Å². The minimum absolute atomic E-state index is 0.701. The topological polar surface area (TPSA) is 12.4 Å². The Morgan fingerprint density at radius 1 is 1.50 bits per heavy atom. The van der Waals surface area contributed by atoms with E-state index in [9.17, 15) is 0 Å². The molecule has 0 fully saturated rings. The summed E-state index contributed by atoms with van der Waals surface area (Å²) in [7, 11) is 0. The van der Waals surface area contributed by atoms with Crippen LogP contribution in [0.5, 0.6) is 0 Å². The molecule has 4 heteroatoms. The van der Waals surface area contributed by atoms with E-state index < -0.39 is 0 Å². The van der Waals surface area contributed by atoms with Crippen LogP contribution in [-0.2, 0) is 0 Å². The van der Waals surface area contributed by atoms with Gasteiger partial charge in [0.1, 0.15) is 0 Å². The summed E-state index contributed by atoms with van der Waals surface area (Å²) in [4.78, 5) is 0. The quantitative estimate of drug-likeness (QED) is 0.514. The second kappa shape index (κ2) is 3.64. The van der Waals surface area contributed by atoms with Crippen LogP contribution in [-0.4, -0.2) is 16.0 Å². The molecule has 0 aromatic heterocycles. The zero-order valence-electron chi connectivity index (χ0n) is 4.26. The van der Waals surface area contributed by atoms with Gasteiger partial charge in [0.2, 0.25) is 0 Å². The number of halogens is 1. The van der Waals surface area contributed by atoms with Gasteiger partial charge >= 0.3 is 0 Å². The lowest BCUT2D eigenvalue weighted by atomic mass is 10.6. The van der Waals surface area contributed by atoms with Gasteiger partial charge in [0.15, 0.2) is 4.50 Å². The van der Waals surface area contributed by atoms with Crippen molar-refractivity contribution in [2.75, 3.05) is 11.5 Å². The van der Waals surface area contributed by atoms with Crippen molar-refractivity contribution in [1.29, 1.82) is 0 Å². The molecule has 0 radical (unpaired) electrons. The van der Waals surface area contributed by atoms with Gasteiger partial charge in [-0.15, -0.1) is 0 Å². The first-order valence-electron chi connectivity index (χ1n) is 2.38. The summed E-state index contributed by atoms with van der Waals surface area (Å²) in [5.41, 5.74) is 0. The largest absolute Gasteiger partial charge is 0.197 e. The average molecular weight is 168 g/mol. The monoisotopic (exact) mass is 167 g/mol. The third-order valence-electron chi connectivity index (χ3n) is 0.737.